The van der Waals surface area contributed by atoms with E-state index in [9.17, 15) is 4.79 Å². The molecule has 4 nitrogen and oxygen atoms in total. The van der Waals surface area contributed by atoms with Crippen LogP contribution in [0.4, 0.5) is 0 Å². The van der Waals surface area contributed by atoms with Crippen LogP contribution in [0.25, 0.3) is 10.9 Å². The molecule has 2 aromatic rings. The third kappa shape index (κ3) is 3.00. The Morgan fingerprint density at radius 1 is 0.962 bits per heavy atom. The van der Waals surface area contributed by atoms with E-state index in [-0.39, 0.29) is 6.10 Å². The lowest BCUT2D eigenvalue weighted by Crippen LogP contribution is -2.42. The Labute approximate surface area is 155 Å². The Hall–Kier alpha value is -1.97. The van der Waals surface area contributed by atoms with Crippen molar-refractivity contribution in [3.8, 4) is 5.75 Å². The Kier molecular flexibility index (Phi) is 4.14. The van der Waals surface area contributed by atoms with Crippen LogP contribution >= 0.6 is 0 Å². The van der Waals surface area contributed by atoms with E-state index in [1.807, 2.05) is 0 Å². The standard InChI is InChI=1S/C22H28N2O2/c25-22(16-8-9-16)23-13-10-18(11-14-23)26-21-7-3-6-20-19(21)12-15-24(20)17-4-1-2-5-17/h3,6-7,12,15-18H,1-2,4-5,8-11,13-14H2. The van der Waals surface area contributed by atoms with Gasteiger partial charge in [0.25, 0.3) is 0 Å². The van der Waals surface area contributed by atoms with E-state index in [2.05, 4.69) is 39.9 Å². The Morgan fingerprint density at radius 3 is 2.46 bits per heavy atom. The first-order valence-corrected chi connectivity index (χ1v) is 10.3. The quantitative estimate of drug-likeness (QED) is 0.810. The third-order valence-corrected chi connectivity index (χ3v) is 6.42. The molecule has 0 radical (unpaired) electrons. The zero-order valence-electron chi connectivity index (χ0n) is 15.4. The number of nitrogens with zero attached hydrogens (tertiary/aromatic N) is 2. The summed E-state index contributed by atoms with van der Waals surface area (Å²) in [6.45, 7) is 1.69. The summed E-state index contributed by atoms with van der Waals surface area (Å²) in [5.74, 6) is 1.71. The van der Waals surface area contributed by atoms with Crippen molar-refractivity contribution in [1.29, 1.82) is 0 Å². The van der Waals surface area contributed by atoms with Crippen molar-refractivity contribution in [2.75, 3.05) is 13.1 Å². The number of benzene rings is 1. The molecule has 1 aromatic carbocycles. The minimum absolute atomic E-state index is 0.221. The number of piperidine rings is 1. The predicted octanol–water partition coefficient (Wildman–Crippen LogP) is 4.54. The summed E-state index contributed by atoms with van der Waals surface area (Å²) < 4.78 is 8.85. The average molecular weight is 352 g/mol. The lowest BCUT2D eigenvalue weighted by Gasteiger charge is -2.32. The van der Waals surface area contributed by atoms with E-state index in [0.29, 0.717) is 17.9 Å². The van der Waals surface area contributed by atoms with Crippen LogP contribution in [0.1, 0.15) is 57.4 Å². The van der Waals surface area contributed by atoms with Crippen LogP contribution in [0.15, 0.2) is 30.5 Å². The number of rotatable bonds is 4. The largest absolute Gasteiger partial charge is 0.490 e. The van der Waals surface area contributed by atoms with Gasteiger partial charge in [0.2, 0.25) is 5.91 Å². The maximum absolute atomic E-state index is 12.2. The highest BCUT2D eigenvalue weighted by atomic mass is 16.5. The molecular formula is C22H28N2O2. The molecule has 1 aliphatic heterocycles. The summed E-state index contributed by atoms with van der Waals surface area (Å²) in [6, 6.07) is 9.31. The Bertz CT molecular complexity index is 794. The van der Waals surface area contributed by atoms with Gasteiger partial charge in [0.15, 0.2) is 0 Å². The van der Waals surface area contributed by atoms with Gasteiger partial charge in [-0.25, -0.2) is 0 Å². The SMILES string of the molecule is O=C(C1CC1)N1CCC(Oc2cccc3c2ccn3C2CCCC2)CC1. The second-order valence-electron chi connectivity index (χ2n) is 8.27. The summed E-state index contributed by atoms with van der Waals surface area (Å²) in [7, 11) is 0. The number of carbonyl (C=O) groups is 1. The number of hydrogen-bond donors (Lipinski definition) is 0. The summed E-state index contributed by atoms with van der Waals surface area (Å²) in [5, 5.41) is 1.23. The number of hydrogen-bond acceptors (Lipinski definition) is 2. The van der Waals surface area contributed by atoms with Gasteiger partial charge in [-0.3, -0.25) is 4.79 Å². The van der Waals surface area contributed by atoms with Crippen molar-refractivity contribution in [1.82, 2.24) is 9.47 Å². The highest BCUT2D eigenvalue weighted by Crippen LogP contribution is 2.36. The average Bonchev–Trinajstić information content (AvgIpc) is 3.20. The van der Waals surface area contributed by atoms with Gasteiger partial charge in [-0.1, -0.05) is 18.9 Å². The molecule has 26 heavy (non-hydrogen) atoms. The van der Waals surface area contributed by atoms with Crippen LogP contribution in [0.3, 0.4) is 0 Å². The van der Waals surface area contributed by atoms with Crippen molar-refractivity contribution in [2.24, 2.45) is 5.92 Å². The molecule has 3 fully saturated rings. The van der Waals surface area contributed by atoms with Crippen LogP contribution in [-0.4, -0.2) is 34.6 Å². The molecule has 3 aliphatic rings. The third-order valence-electron chi connectivity index (χ3n) is 6.42. The first-order valence-electron chi connectivity index (χ1n) is 10.3. The summed E-state index contributed by atoms with van der Waals surface area (Å²) in [6.07, 6.45) is 11.8. The summed E-state index contributed by atoms with van der Waals surface area (Å²) >= 11 is 0. The smallest absolute Gasteiger partial charge is 0.225 e. The number of fused-ring (bicyclic) bond motifs is 1. The minimum atomic E-state index is 0.221. The molecule has 5 rings (SSSR count). The number of amides is 1. The first kappa shape index (κ1) is 16.2. The zero-order chi connectivity index (χ0) is 17.5. The molecule has 1 amide bonds. The van der Waals surface area contributed by atoms with Gasteiger partial charge in [0.1, 0.15) is 11.9 Å². The topological polar surface area (TPSA) is 34.5 Å². The van der Waals surface area contributed by atoms with Gasteiger partial charge in [0, 0.05) is 49.5 Å². The summed E-state index contributed by atoms with van der Waals surface area (Å²) in [5.41, 5.74) is 1.30. The Morgan fingerprint density at radius 2 is 1.73 bits per heavy atom. The second-order valence-corrected chi connectivity index (χ2v) is 8.27. The maximum Gasteiger partial charge on any atom is 0.225 e. The van der Waals surface area contributed by atoms with Gasteiger partial charge in [0.05, 0.1) is 5.52 Å². The van der Waals surface area contributed by atoms with Crippen LogP contribution in [0.2, 0.25) is 0 Å². The van der Waals surface area contributed by atoms with E-state index in [0.717, 1.165) is 44.5 Å². The fourth-order valence-corrected chi connectivity index (χ4v) is 4.73. The lowest BCUT2D eigenvalue weighted by molar-refractivity contribution is -0.134. The highest BCUT2D eigenvalue weighted by molar-refractivity contribution is 5.86. The van der Waals surface area contributed by atoms with Crippen LogP contribution < -0.4 is 4.74 Å². The first-order chi connectivity index (χ1) is 12.8. The molecule has 2 saturated carbocycles. The molecule has 2 aliphatic carbocycles. The van der Waals surface area contributed by atoms with Gasteiger partial charge in [-0.2, -0.15) is 0 Å². The monoisotopic (exact) mass is 352 g/mol. The van der Waals surface area contributed by atoms with Gasteiger partial charge < -0.3 is 14.2 Å². The molecular weight excluding hydrogens is 324 g/mol. The van der Waals surface area contributed by atoms with Crippen molar-refractivity contribution < 1.29 is 9.53 Å². The zero-order valence-corrected chi connectivity index (χ0v) is 15.4. The van der Waals surface area contributed by atoms with Gasteiger partial charge >= 0.3 is 0 Å². The molecule has 1 saturated heterocycles. The molecule has 0 atom stereocenters. The predicted molar refractivity (Wildman–Crippen MR) is 102 cm³/mol. The molecule has 0 unspecified atom stereocenters. The van der Waals surface area contributed by atoms with Crippen molar-refractivity contribution in [3.05, 3.63) is 30.5 Å². The molecule has 0 N–H and O–H groups in total. The summed E-state index contributed by atoms with van der Waals surface area (Å²) in [4.78, 5) is 14.3. The molecule has 0 bridgehead atoms. The number of aromatic nitrogens is 1. The number of ether oxygens (including phenoxy) is 1. The van der Waals surface area contributed by atoms with Gasteiger partial charge in [-0.05, 0) is 43.9 Å². The molecule has 138 valence electrons. The van der Waals surface area contributed by atoms with E-state index in [1.54, 1.807) is 0 Å². The van der Waals surface area contributed by atoms with Gasteiger partial charge in [-0.15, -0.1) is 0 Å². The number of likely N-dealkylation sites (tertiary alicyclic amines) is 1. The normalized spacial score (nSPS) is 22.2. The van der Waals surface area contributed by atoms with Crippen LogP contribution in [0.5, 0.6) is 5.75 Å². The van der Waals surface area contributed by atoms with Crippen molar-refractivity contribution in [3.63, 3.8) is 0 Å². The fraction of sp³-hybridized carbons (Fsp3) is 0.591. The molecule has 0 spiro atoms. The maximum atomic E-state index is 12.2. The van der Waals surface area contributed by atoms with Crippen molar-refractivity contribution in [2.45, 2.75) is 63.5 Å². The van der Waals surface area contributed by atoms with E-state index in [4.69, 9.17) is 4.74 Å². The number of carbonyl (C=O) groups excluding carboxylic acids is 1. The molecule has 2 heterocycles. The van der Waals surface area contributed by atoms with Crippen LogP contribution in [0, 0.1) is 5.92 Å². The van der Waals surface area contributed by atoms with Crippen LogP contribution in [-0.2, 0) is 4.79 Å². The fourth-order valence-electron chi connectivity index (χ4n) is 4.73. The molecule has 4 heteroatoms. The highest BCUT2D eigenvalue weighted by Gasteiger charge is 2.35. The van der Waals surface area contributed by atoms with E-state index in [1.165, 1.54) is 36.6 Å². The Balaban J connectivity index is 1.28. The van der Waals surface area contributed by atoms with Crippen molar-refractivity contribution >= 4 is 16.8 Å². The minimum Gasteiger partial charge on any atom is -0.490 e. The van der Waals surface area contributed by atoms with E-state index >= 15 is 0 Å². The van der Waals surface area contributed by atoms with E-state index < -0.39 is 0 Å². The molecule has 1 aromatic heterocycles. The lowest BCUT2D eigenvalue weighted by atomic mass is 10.1. The second kappa shape index (κ2) is 6.64.